The monoisotopic (exact) mass is 222 g/mol. The molecular formula is C8H3BrN2O. The summed E-state index contributed by atoms with van der Waals surface area (Å²) in [5.41, 5.74) is 1.73. The summed E-state index contributed by atoms with van der Waals surface area (Å²) in [6, 6.07) is 7.29. The Balaban J connectivity index is 2.89. The highest BCUT2D eigenvalue weighted by Crippen LogP contribution is 2.21. The Bertz CT molecular complexity index is 469. The molecule has 0 bridgehead atoms. The number of para-hydroxylation sites is 1. The van der Waals surface area contributed by atoms with E-state index in [-0.39, 0.29) is 0 Å². The normalized spacial score (nSPS) is 10.0. The van der Waals surface area contributed by atoms with Crippen molar-refractivity contribution in [3.8, 4) is 6.07 Å². The van der Waals surface area contributed by atoms with Gasteiger partial charge in [0.1, 0.15) is 11.6 Å². The molecule has 2 rings (SSSR count). The summed E-state index contributed by atoms with van der Waals surface area (Å²) in [4.78, 5) is 4.42. The molecular weight excluding hydrogens is 220 g/mol. The zero-order valence-electron chi connectivity index (χ0n) is 5.91. The van der Waals surface area contributed by atoms with Crippen LogP contribution < -0.4 is 0 Å². The number of fused-ring (bicyclic) bond motifs is 1. The van der Waals surface area contributed by atoms with Crippen molar-refractivity contribution in [2.75, 3.05) is 0 Å². The van der Waals surface area contributed by atoms with Crippen LogP contribution in [0.2, 0.25) is 0 Å². The Morgan fingerprint density at radius 2 is 2.33 bits per heavy atom. The Labute approximate surface area is 76.8 Å². The molecule has 12 heavy (non-hydrogen) atoms. The van der Waals surface area contributed by atoms with Crippen LogP contribution in [0.3, 0.4) is 0 Å². The number of aromatic nitrogens is 1. The minimum absolute atomic E-state index is 0.403. The fraction of sp³-hybridized carbons (Fsp3) is 0. The van der Waals surface area contributed by atoms with Gasteiger partial charge in [0.05, 0.1) is 5.56 Å². The summed E-state index contributed by atoms with van der Waals surface area (Å²) >= 11 is 3.10. The van der Waals surface area contributed by atoms with Gasteiger partial charge in [-0.2, -0.15) is 5.26 Å². The van der Waals surface area contributed by atoms with Gasteiger partial charge in [-0.3, -0.25) is 0 Å². The van der Waals surface area contributed by atoms with Crippen LogP contribution in [0.1, 0.15) is 5.56 Å². The van der Waals surface area contributed by atoms with E-state index < -0.39 is 0 Å². The summed E-state index contributed by atoms with van der Waals surface area (Å²) in [7, 11) is 0. The van der Waals surface area contributed by atoms with Crippen molar-refractivity contribution in [1.29, 1.82) is 5.26 Å². The molecule has 3 nitrogen and oxygen atoms in total. The molecule has 4 heteroatoms. The third kappa shape index (κ3) is 0.990. The van der Waals surface area contributed by atoms with Gasteiger partial charge in [0.15, 0.2) is 5.58 Å². The lowest BCUT2D eigenvalue weighted by atomic mass is 10.2. The molecule has 2 aromatic rings. The Morgan fingerprint density at radius 3 is 3.08 bits per heavy atom. The summed E-state index contributed by atoms with van der Waals surface area (Å²) in [6.45, 7) is 0. The fourth-order valence-corrected chi connectivity index (χ4v) is 1.36. The maximum Gasteiger partial charge on any atom is 0.265 e. The van der Waals surface area contributed by atoms with Gasteiger partial charge in [-0.05, 0) is 12.1 Å². The summed E-state index contributed by atoms with van der Waals surface area (Å²) in [5, 5.41) is 8.69. The largest absolute Gasteiger partial charge is 0.430 e. The molecule has 0 radical (unpaired) electrons. The number of hydrogen-bond donors (Lipinski definition) is 0. The van der Waals surface area contributed by atoms with Gasteiger partial charge in [0.2, 0.25) is 0 Å². The average Bonchev–Trinajstić information content (AvgIpc) is 2.44. The van der Waals surface area contributed by atoms with Crippen molar-refractivity contribution in [2.24, 2.45) is 0 Å². The van der Waals surface area contributed by atoms with Crippen LogP contribution in [0.25, 0.3) is 11.1 Å². The Morgan fingerprint density at radius 1 is 1.50 bits per heavy atom. The minimum Gasteiger partial charge on any atom is -0.430 e. The Hall–Kier alpha value is -1.34. The first-order chi connectivity index (χ1) is 5.81. The van der Waals surface area contributed by atoms with E-state index in [2.05, 4.69) is 20.9 Å². The number of halogens is 1. The zero-order chi connectivity index (χ0) is 8.55. The van der Waals surface area contributed by atoms with Gasteiger partial charge in [-0.15, -0.1) is 0 Å². The molecule has 0 atom stereocenters. The molecule has 0 N–H and O–H groups in total. The first-order valence-electron chi connectivity index (χ1n) is 3.26. The van der Waals surface area contributed by atoms with Gasteiger partial charge in [-0.1, -0.05) is 6.07 Å². The standard InChI is InChI=1S/C8H3BrN2O/c9-8-11-6-3-1-2-5(4-10)7(6)12-8/h1-3H. The SMILES string of the molecule is N#Cc1cccc2nc(Br)oc12. The quantitative estimate of drug-likeness (QED) is 0.689. The van der Waals surface area contributed by atoms with Crippen molar-refractivity contribution in [3.05, 3.63) is 28.6 Å². The molecule has 1 heterocycles. The Kier molecular flexibility index (Phi) is 1.59. The van der Waals surface area contributed by atoms with E-state index in [0.717, 1.165) is 0 Å². The van der Waals surface area contributed by atoms with E-state index >= 15 is 0 Å². The van der Waals surface area contributed by atoms with Crippen molar-refractivity contribution >= 4 is 27.0 Å². The molecule has 0 saturated carbocycles. The number of nitriles is 1. The lowest BCUT2D eigenvalue weighted by Gasteiger charge is -1.86. The van der Waals surface area contributed by atoms with Crippen LogP contribution in [0.15, 0.2) is 27.4 Å². The second-order valence-electron chi connectivity index (χ2n) is 2.23. The molecule has 1 aromatic carbocycles. The minimum atomic E-state index is 0.403. The number of rotatable bonds is 0. The number of hydrogen-bond acceptors (Lipinski definition) is 3. The lowest BCUT2D eigenvalue weighted by molar-refractivity contribution is 0.569. The van der Waals surface area contributed by atoms with Gasteiger partial charge in [0, 0.05) is 15.9 Å². The van der Waals surface area contributed by atoms with E-state index in [4.69, 9.17) is 9.68 Å². The predicted molar refractivity (Wildman–Crippen MR) is 46.4 cm³/mol. The van der Waals surface area contributed by atoms with Crippen LogP contribution in [-0.4, -0.2) is 4.98 Å². The van der Waals surface area contributed by atoms with Crippen LogP contribution in [0.5, 0.6) is 0 Å². The summed E-state index contributed by atoms with van der Waals surface area (Å²) in [5.74, 6) is 0. The number of benzene rings is 1. The molecule has 0 spiro atoms. The highest BCUT2D eigenvalue weighted by Gasteiger charge is 2.06. The molecule has 0 aliphatic heterocycles. The van der Waals surface area contributed by atoms with E-state index in [0.29, 0.717) is 21.5 Å². The maximum absolute atomic E-state index is 8.69. The molecule has 0 saturated heterocycles. The van der Waals surface area contributed by atoms with Gasteiger partial charge >= 0.3 is 0 Å². The number of oxazole rings is 1. The van der Waals surface area contributed by atoms with E-state index in [1.165, 1.54) is 0 Å². The molecule has 0 amide bonds. The van der Waals surface area contributed by atoms with Crippen molar-refractivity contribution < 1.29 is 4.42 Å². The third-order valence-electron chi connectivity index (χ3n) is 1.51. The maximum atomic E-state index is 8.69. The van der Waals surface area contributed by atoms with Crippen LogP contribution >= 0.6 is 15.9 Å². The zero-order valence-corrected chi connectivity index (χ0v) is 7.50. The highest BCUT2D eigenvalue weighted by atomic mass is 79.9. The van der Waals surface area contributed by atoms with E-state index in [1.807, 2.05) is 6.07 Å². The first-order valence-corrected chi connectivity index (χ1v) is 4.06. The fourth-order valence-electron chi connectivity index (χ4n) is 1.01. The molecule has 0 aliphatic rings. The lowest BCUT2D eigenvalue weighted by Crippen LogP contribution is -1.73. The first kappa shape index (κ1) is 7.32. The van der Waals surface area contributed by atoms with Gasteiger partial charge in [-0.25, -0.2) is 4.98 Å². The number of nitrogens with zero attached hydrogens (tertiary/aromatic N) is 2. The topological polar surface area (TPSA) is 49.8 Å². The predicted octanol–water partition coefficient (Wildman–Crippen LogP) is 2.46. The van der Waals surface area contributed by atoms with E-state index in [1.54, 1.807) is 18.2 Å². The molecule has 0 aliphatic carbocycles. The van der Waals surface area contributed by atoms with Crippen molar-refractivity contribution in [2.45, 2.75) is 0 Å². The average molecular weight is 223 g/mol. The van der Waals surface area contributed by atoms with Gasteiger partial charge in [0.25, 0.3) is 4.80 Å². The van der Waals surface area contributed by atoms with Crippen LogP contribution in [0, 0.1) is 11.3 Å². The summed E-state index contributed by atoms with van der Waals surface area (Å²) in [6.07, 6.45) is 0. The van der Waals surface area contributed by atoms with Gasteiger partial charge < -0.3 is 4.42 Å². The van der Waals surface area contributed by atoms with Crippen molar-refractivity contribution in [1.82, 2.24) is 4.98 Å². The summed E-state index contributed by atoms with van der Waals surface area (Å²) < 4.78 is 5.17. The van der Waals surface area contributed by atoms with E-state index in [9.17, 15) is 0 Å². The molecule has 0 unspecified atom stereocenters. The molecule has 58 valence electrons. The molecule has 1 aromatic heterocycles. The molecule has 0 fully saturated rings. The van der Waals surface area contributed by atoms with Crippen LogP contribution in [-0.2, 0) is 0 Å². The highest BCUT2D eigenvalue weighted by molar-refractivity contribution is 9.10. The van der Waals surface area contributed by atoms with Crippen LogP contribution in [0.4, 0.5) is 0 Å². The van der Waals surface area contributed by atoms with Crippen molar-refractivity contribution in [3.63, 3.8) is 0 Å². The third-order valence-corrected chi connectivity index (χ3v) is 1.85. The smallest absolute Gasteiger partial charge is 0.265 e. The second kappa shape index (κ2) is 2.61. The second-order valence-corrected chi connectivity index (χ2v) is 2.91.